The Morgan fingerprint density at radius 2 is 1.81 bits per heavy atom. The number of alkyl halides is 3. The predicted molar refractivity (Wildman–Crippen MR) is 72.5 cm³/mol. The number of fused-ring (bicyclic) bond motifs is 1. The van der Waals surface area contributed by atoms with E-state index in [0.29, 0.717) is 16.9 Å². The lowest BCUT2D eigenvalue weighted by Gasteiger charge is -2.09. The highest BCUT2D eigenvalue weighted by Crippen LogP contribution is 2.31. The van der Waals surface area contributed by atoms with E-state index in [-0.39, 0.29) is 5.52 Å². The monoisotopic (exact) mass is 289 g/mol. The first kappa shape index (κ1) is 13.5. The number of hydrogen-bond acceptors (Lipinski definition) is 3. The molecule has 0 atom stereocenters. The van der Waals surface area contributed by atoms with Crippen LogP contribution in [0.15, 0.2) is 42.7 Å². The summed E-state index contributed by atoms with van der Waals surface area (Å²) in [4.78, 5) is 12.6. The van der Waals surface area contributed by atoms with E-state index in [4.69, 9.17) is 0 Å². The molecule has 0 aliphatic carbocycles. The lowest BCUT2D eigenvalue weighted by Crippen LogP contribution is -2.05. The molecule has 0 saturated carbocycles. The van der Waals surface area contributed by atoms with Gasteiger partial charge in [-0.2, -0.15) is 13.2 Å². The molecule has 0 fully saturated rings. The fourth-order valence-electron chi connectivity index (χ4n) is 2.10. The molecule has 0 unspecified atom stereocenters. The van der Waals surface area contributed by atoms with Gasteiger partial charge in [0.15, 0.2) is 0 Å². The summed E-state index contributed by atoms with van der Waals surface area (Å²) in [5.41, 5.74) is 1.90. The van der Waals surface area contributed by atoms with Gasteiger partial charge < -0.3 is 0 Å². The summed E-state index contributed by atoms with van der Waals surface area (Å²) in [5.74, 6) is 0. The Balaban J connectivity index is 2.18. The lowest BCUT2D eigenvalue weighted by molar-refractivity contribution is -0.137. The van der Waals surface area contributed by atoms with Crippen LogP contribution in [0.1, 0.15) is 11.3 Å². The van der Waals surface area contributed by atoms with Crippen LogP contribution in [0, 0.1) is 6.92 Å². The van der Waals surface area contributed by atoms with Crippen molar-refractivity contribution in [2.75, 3.05) is 0 Å². The number of pyridine rings is 1. The van der Waals surface area contributed by atoms with Crippen molar-refractivity contribution in [1.82, 2.24) is 15.0 Å². The maximum atomic E-state index is 12.7. The van der Waals surface area contributed by atoms with Crippen LogP contribution < -0.4 is 0 Å². The van der Waals surface area contributed by atoms with Gasteiger partial charge in [-0.25, -0.2) is 9.97 Å². The van der Waals surface area contributed by atoms with Crippen LogP contribution in [0.4, 0.5) is 13.2 Å². The molecule has 0 N–H and O–H groups in total. The zero-order valence-corrected chi connectivity index (χ0v) is 11.0. The van der Waals surface area contributed by atoms with Crippen molar-refractivity contribution in [3.05, 3.63) is 54.0 Å². The number of aryl methyl sites for hydroxylation is 1. The van der Waals surface area contributed by atoms with Crippen molar-refractivity contribution in [3.8, 4) is 11.3 Å². The smallest absolute Gasteiger partial charge is 0.264 e. The van der Waals surface area contributed by atoms with Crippen LogP contribution in [0.3, 0.4) is 0 Å². The van der Waals surface area contributed by atoms with Gasteiger partial charge in [-0.15, -0.1) is 0 Å². The summed E-state index contributed by atoms with van der Waals surface area (Å²) in [6.45, 7) is 1.72. The van der Waals surface area contributed by atoms with E-state index in [1.807, 2.05) is 6.07 Å². The molecule has 0 radical (unpaired) electrons. The second kappa shape index (κ2) is 4.80. The van der Waals surface area contributed by atoms with Crippen LogP contribution in [0.25, 0.3) is 22.3 Å². The molecule has 3 nitrogen and oxygen atoms in total. The van der Waals surface area contributed by atoms with Gasteiger partial charge in [-0.1, -0.05) is 0 Å². The highest BCUT2D eigenvalue weighted by molar-refractivity contribution is 5.79. The third-order valence-corrected chi connectivity index (χ3v) is 3.10. The second-order valence-electron chi connectivity index (χ2n) is 4.60. The fraction of sp³-hybridized carbons (Fsp3) is 0.133. The quantitative estimate of drug-likeness (QED) is 0.679. The molecule has 1 aromatic carbocycles. The van der Waals surface area contributed by atoms with Crippen molar-refractivity contribution in [2.45, 2.75) is 13.1 Å². The van der Waals surface area contributed by atoms with Gasteiger partial charge in [0.1, 0.15) is 0 Å². The summed E-state index contributed by atoms with van der Waals surface area (Å²) >= 11 is 0. The van der Waals surface area contributed by atoms with E-state index in [1.165, 1.54) is 6.07 Å². The number of benzene rings is 1. The zero-order valence-electron chi connectivity index (χ0n) is 11.0. The van der Waals surface area contributed by atoms with Crippen molar-refractivity contribution < 1.29 is 13.2 Å². The molecule has 3 aromatic rings. The minimum atomic E-state index is -4.38. The van der Waals surface area contributed by atoms with Gasteiger partial charge in [0.25, 0.3) is 0 Å². The second-order valence-corrected chi connectivity index (χ2v) is 4.60. The molecule has 6 heteroatoms. The predicted octanol–water partition coefficient (Wildman–Crippen LogP) is 4.02. The average Bonchev–Trinajstić information content (AvgIpc) is 2.46. The number of rotatable bonds is 1. The first-order chi connectivity index (χ1) is 9.95. The summed E-state index contributed by atoms with van der Waals surface area (Å²) in [6, 6.07) is 6.97. The Hall–Kier alpha value is -2.50. The van der Waals surface area contributed by atoms with Crippen LogP contribution >= 0.6 is 0 Å². The number of nitrogens with zero attached hydrogens (tertiary/aromatic N) is 3. The molecular weight excluding hydrogens is 279 g/mol. The Bertz CT molecular complexity index is 798. The minimum absolute atomic E-state index is 0.231. The van der Waals surface area contributed by atoms with Crippen molar-refractivity contribution in [2.24, 2.45) is 0 Å². The maximum absolute atomic E-state index is 12.7. The number of halogens is 3. The lowest BCUT2D eigenvalue weighted by atomic mass is 10.1. The van der Waals surface area contributed by atoms with Gasteiger partial charge >= 0.3 is 6.18 Å². The SMILES string of the molecule is Cc1nc2cc(C(F)(F)F)ccc2nc1-c1cccnc1. The van der Waals surface area contributed by atoms with Crippen LogP contribution in [-0.4, -0.2) is 15.0 Å². The van der Waals surface area contributed by atoms with Crippen molar-refractivity contribution in [1.29, 1.82) is 0 Å². The third kappa shape index (κ3) is 2.56. The molecule has 2 aromatic heterocycles. The number of hydrogen-bond donors (Lipinski definition) is 0. The molecule has 3 rings (SSSR count). The van der Waals surface area contributed by atoms with Gasteiger partial charge in [0.2, 0.25) is 0 Å². The summed E-state index contributed by atoms with van der Waals surface area (Å²) < 4.78 is 38.1. The summed E-state index contributed by atoms with van der Waals surface area (Å²) in [7, 11) is 0. The van der Waals surface area contributed by atoms with E-state index in [2.05, 4.69) is 15.0 Å². The van der Waals surface area contributed by atoms with E-state index in [0.717, 1.165) is 17.7 Å². The van der Waals surface area contributed by atoms with Gasteiger partial charge in [0, 0.05) is 18.0 Å². The van der Waals surface area contributed by atoms with Crippen molar-refractivity contribution >= 4 is 11.0 Å². The molecule has 21 heavy (non-hydrogen) atoms. The Labute approximate surface area is 118 Å². The Morgan fingerprint density at radius 1 is 1.00 bits per heavy atom. The largest absolute Gasteiger partial charge is 0.416 e. The van der Waals surface area contributed by atoms with Gasteiger partial charge in [-0.3, -0.25) is 4.98 Å². The van der Waals surface area contributed by atoms with Gasteiger partial charge in [-0.05, 0) is 37.3 Å². The van der Waals surface area contributed by atoms with Gasteiger partial charge in [0.05, 0.1) is 28.0 Å². The highest BCUT2D eigenvalue weighted by atomic mass is 19.4. The summed E-state index contributed by atoms with van der Waals surface area (Å²) in [5, 5.41) is 0. The third-order valence-electron chi connectivity index (χ3n) is 3.10. The zero-order chi connectivity index (χ0) is 15.0. The normalized spacial score (nSPS) is 11.8. The maximum Gasteiger partial charge on any atom is 0.416 e. The van der Waals surface area contributed by atoms with Crippen LogP contribution in [0.5, 0.6) is 0 Å². The molecule has 0 aliphatic heterocycles. The van der Waals surface area contributed by atoms with E-state index in [9.17, 15) is 13.2 Å². The number of aromatic nitrogens is 3. The highest BCUT2D eigenvalue weighted by Gasteiger charge is 2.30. The molecule has 0 bridgehead atoms. The molecule has 0 amide bonds. The summed E-state index contributed by atoms with van der Waals surface area (Å²) in [6.07, 6.45) is -1.10. The molecule has 0 saturated heterocycles. The molecule has 2 heterocycles. The fourth-order valence-corrected chi connectivity index (χ4v) is 2.10. The molecular formula is C15H10F3N3. The van der Waals surface area contributed by atoms with E-state index in [1.54, 1.807) is 25.4 Å². The Kier molecular flexibility index (Phi) is 3.08. The molecule has 0 aliphatic rings. The average molecular weight is 289 g/mol. The molecule has 106 valence electrons. The topological polar surface area (TPSA) is 38.7 Å². The first-order valence-electron chi connectivity index (χ1n) is 6.21. The van der Waals surface area contributed by atoms with E-state index >= 15 is 0 Å². The van der Waals surface area contributed by atoms with Crippen LogP contribution in [0.2, 0.25) is 0 Å². The van der Waals surface area contributed by atoms with Crippen molar-refractivity contribution in [3.63, 3.8) is 0 Å². The van der Waals surface area contributed by atoms with E-state index < -0.39 is 11.7 Å². The van der Waals surface area contributed by atoms with Crippen LogP contribution in [-0.2, 0) is 6.18 Å². The molecule has 0 spiro atoms. The standard InChI is InChI=1S/C15H10F3N3/c1-9-14(10-3-2-6-19-8-10)21-12-5-4-11(15(16,17)18)7-13(12)20-9/h2-8H,1H3. The Morgan fingerprint density at radius 3 is 2.48 bits per heavy atom. The minimum Gasteiger partial charge on any atom is -0.264 e. The first-order valence-corrected chi connectivity index (χ1v) is 6.21.